The Morgan fingerprint density at radius 1 is 1.27 bits per heavy atom. The molecule has 0 saturated carbocycles. The molecule has 0 fully saturated rings. The number of hydrogen-bond acceptors (Lipinski definition) is 4. The maximum Gasteiger partial charge on any atom is 0.157 e. The lowest BCUT2D eigenvalue weighted by atomic mass is 9.99. The SMILES string of the molecule is N#CC(C(=O)CCc1cccc(F)c1)c1nc(-c2ccc(Cl)cc2)cs1. The van der Waals surface area contributed by atoms with Crippen LogP contribution in [0.15, 0.2) is 53.9 Å². The van der Waals surface area contributed by atoms with Crippen molar-refractivity contribution >= 4 is 28.7 Å². The monoisotopic (exact) mass is 384 g/mol. The van der Waals surface area contributed by atoms with Gasteiger partial charge < -0.3 is 0 Å². The summed E-state index contributed by atoms with van der Waals surface area (Å²) in [4.78, 5) is 16.9. The highest BCUT2D eigenvalue weighted by atomic mass is 35.5. The van der Waals surface area contributed by atoms with E-state index in [2.05, 4.69) is 4.98 Å². The van der Waals surface area contributed by atoms with Crippen LogP contribution in [0.1, 0.15) is 22.9 Å². The fraction of sp³-hybridized carbons (Fsp3) is 0.150. The van der Waals surface area contributed by atoms with E-state index in [0.29, 0.717) is 22.1 Å². The van der Waals surface area contributed by atoms with Crippen molar-refractivity contribution in [1.82, 2.24) is 4.98 Å². The second-order valence-electron chi connectivity index (χ2n) is 5.74. The molecule has 0 aliphatic carbocycles. The molecule has 0 saturated heterocycles. The van der Waals surface area contributed by atoms with Gasteiger partial charge in [-0.05, 0) is 36.2 Å². The number of benzene rings is 2. The van der Waals surface area contributed by atoms with Crippen molar-refractivity contribution in [3.8, 4) is 17.3 Å². The van der Waals surface area contributed by atoms with E-state index in [0.717, 1.165) is 11.1 Å². The number of carbonyl (C=O) groups excluding carboxylic acids is 1. The summed E-state index contributed by atoms with van der Waals surface area (Å²) in [5.74, 6) is -1.46. The molecule has 0 spiro atoms. The molecule has 3 rings (SSSR count). The van der Waals surface area contributed by atoms with Crippen molar-refractivity contribution in [2.45, 2.75) is 18.8 Å². The number of nitriles is 1. The van der Waals surface area contributed by atoms with Gasteiger partial charge in [0.15, 0.2) is 11.7 Å². The van der Waals surface area contributed by atoms with Crippen molar-refractivity contribution in [3.63, 3.8) is 0 Å². The van der Waals surface area contributed by atoms with Gasteiger partial charge in [-0.3, -0.25) is 4.79 Å². The van der Waals surface area contributed by atoms with Crippen LogP contribution in [0, 0.1) is 17.1 Å². The third kappa shape index (κ3) is 4.34. The molecule has 3 nitrogen and oxygen atoms in total. The molecule has 1 atom stereocenters. The van der Waals surface area contributed by atoms with Crippen molar-refractivity contribution in [1.29, 1.82) is 5.26 Å². The highest BCUT2D eigenvalue weighted by Crippen LogP contribution is 2.28. The van der Waals surface area contributed by atoms with Crippen LogP contribution in [0.25, 0.3) is 11.3 Å². The van der Waals surface area contributed by atoms with Crippen LogP contribution in [-0.2, 0) is 11.2 Å². The molecule has 0 bridgehead atoms. The largest absolute Gasteiger partial charge is 0.298 e. The number of carbonyl (C=O) groups is 1. The van der Waals surface area contributed by atoms with E-state index in [1.807, 2.05) is 23.6 Å². The number of aryl methyl sites for hydroxylation is 1. The summed E-state index contributed by atoms with van der Waals surface area (Å²) in [7, 11) is 0. The predicted molar refractivity (Wildman–Crippen MR) is 101 cm³/mol. The minimum atomic E-state index is -0.908. The lowest BCUT2D eigenvalue weighted by molar-refractivity contribution is -0.119. The summed E-state index contributed by atoms with van der Waals surface area (Å²) in [5, 5.41) is 12.4. The fourth-order valence-corrected chi connectivity index (χ4v) is 3.56. The number of ketones is 1. The number of thiazole rings is 1. The van der Waals surface area contributed by atoms with Gasteiger partial charge in [-0.25, -0.2) is 9.37 Å². The van der Waals surface area contributed by atoms with Gasteiger partial charge in [0.1, 0.15) is 10.8 Å². The molecule has 0 aliphatic heterocycles. The van der Waals surface area contributed by atoms with Gasteiger partial charge >= 0.3 is 0 Å². The Kier molecular flexibility index (Phi) is 5.77. The molecule has 1 heterocycles. The molecule has 6 heteroatoms. The van der Waals surface area contributed by atoms with Gasteiger partial charge in [0.2, 0.25) is 0 Å². The van der Waals surface area contributed by atoms with Crippen molar-refractivity contribution in [2.24, 2.45) is 0 Å². The first-order chi connectivity index (χ1) is 12.6. The normalized spacial score (nSPS) is 11.7. The molecule has 1 unspecified atom stereocenters. The molecule has 0 aliphatic rings. The second kappa shape index (κ2) is 8.22. The summed E-state index contributed by atoms with van der Waals surface area (Å²) >= 11 is 7.17. The first-order valence-electron chi connectivity index (χ1n) is 7.95. The number of nitrogens with zero attached hydrogens (tertiary/aromatic N) is 2. The maximum absolute atomic E-state index is 13.2. The minimum absolute atomic E-state index is 0.164. The molecule has 1 aromatic heterocycles. The summed E-state index contributed by atoms with van der Waals surface area (Å²) in [5.41, 5.74) is 2.32. The molecule has 0 radical (unpaired) electrons. The van der Waals surface area contributed by atoms with Crippen LogP contribution < -0.4 is 0 Å². The zero-order valence-corrected chi connectivity index (χ0v) is 15.2. The van der Waals surface area contributed by atoms with E-state index in [9.17, 15) is 14.4 Å². The average molecular weight is 385 g/mol. The predicted octanol–water partition coefficient (Wildman–Crippen LogP) is 5.41. The van der Waals surface area contributed by atoms with Crippen molar-refractivity contribution < 1.29 is 9.18 Å². The van der Waals surface area contributed by atoms with Crippen LogP contribution in [0.5, 0.6) is 0 Å². The number of rotatable bonds is 6. The molecule has 0 amide bonds. The molecular weight excluding hydrogens is 371 g/mol. The van der Waals surface area contributed by atoms with Gasteiger partial charge in [-0.2, -0.15) is 5.26 Å². The molecule has 2 aromatic carbocycles. The molecule has 0 N–H and O–H groups in total. The van der Waals surface area contributed by atoms with Gasteiger partial charge in [-0.15, -0.1) is 11.3 Å². The highest BCUT2D eigenvalue weighted by molar-refractivity contribution is 7.10. The second-order valence-corrected chi connectivity index (χ2v) is 7.06. The first-order valence-corrected chi connectivity index (χ1v) is 9.20. The average Bonchev–Trinajstić information content (AvgIpc) is 3.11. The van der Waals surface area contributed by atoms with Crippen LogP contribution in [-0.4, -0.2) is 10.8 Å². The third-order valence-electron chi connectivity index (χ3n) is 3.91. The van der Waals surface area contributed by atoms with Crippen molar-refractivity contribution in [3.05, 3.63) is 75.3 Å². The molecule has 130 valence electrons. The topological polar surface area (TPSA) is 53.8 Å². The first kappa shape index (κ1) is 18.2. The van der Waals surface area contributed by atoms with E-state index in [-0.39, 0.29) is 18.0 Å². The van der Waals surface area contributed by atoms with Gasteiger partial charge in [0, 0.05) is 22.4 Å². The van der Waals surface area contributed by atoms with Crippen molar-refractivity contribution in [2.75, 3.05) is 0 Å². The standard InChI is InChI=1S/C20H14ClFN2OS/c21-15-7-5-14(6-8-15)18-12-26-20(24-18)17(11-23)19(25)9-4-13-2-1-3-16(22)10-13/h1-3,5-8,10,12,17H,4,9H2. The highest BCUT2D eigenvalue weighted by Gasteiger charge is 2.23. The summed E-state index contributed by atoms with van der Waals surface area (Å²) < 4.78 is 13.2. The summed E-state index contributed by atoms with van der Waals surface area (Å²) in [6, 6.07) is 15.4. The summed E-state index contributed by atoms with van der Waals surface area (Å²) in [6.07, 6.45) is 0.557. The van der Waals surface area contributed by atoms with E-state index < -0.39 is 5.92 Å². The fourth-order valence-electron chi connectivity index (χ4n) is 2.54. The Hall–Kier alpha value is -2.55. The third-order valence-corrected chi connectivity index (χ3v) is 5.07. The zero-order valence-electron chi connectivity index (χ0n) is 13.7. The molecular formula is C20H14ClFN2OS. The number of Topliss-reactive ketones (excluding diaryl/α,β-unsaturated/α-hetero) is 1. The van der Waals surface area contributed by atoms with Crippen LogP contribution in [0.4, 0.5) is 4.39 Å². The number of hydrogen-bond donors (Lipinski definition) is 0. The van der Waals surface area contributed by atoms with Gasteiger partial charge in [0.25, 0.3) is 0 Å². The zero-order chi connectivity index (χ0) is 18.5. The number of halogens is 2. The van der Waals surface area contributed by atoms with E-state index in [1.165, 1.54) is 23.5 Å². The molecule has 26 heavy (non-hydrogen) atoms. The van der Waals surface area contributed by atoms with E-state index >= 15 is 0 Å². The lowest BCUT2D eigenvalue weighted by Crippen LogP contribution is -2.11. The minimum Gasteiger partial charge on any atom is -0.298 e. The van der Waals surface area contributed by atoms with E-state index in [1.54, 1.807) is 24.3 Å². The Bertz CT molecular complexity index is 962. The van der Waals surface area contributed by atoms with Gasteiger partial charge in [-0.1, -0.05) is 35.9 Å². The maximum atomic E-state index is 13.2. The summed E-state index contributed by atoms with van der Waals surface area (Å²) in [6.45, 7) is 0. The molecule has 3 aromatic rings. The number of aromatic nitrogens is 1. The van der Waals surface area contributed by atoms with Crippen LogP contribution in [0.2, 0.25) is 5.02 Å². The van der Waals surface area contributed by atoms with Crippen LogP contribution >= 0.6 is 22.9 Å². The lowest BCUT2D eigenvalue weighted by Gasteiger charge is -2.05. The Labute approximate surface area is 159 Å². The van der Waals surface area contributed by atoms with E-state index in [4.69, 9.17) is 11.6 Å². The Balaban J connectivity index is 1.71. The quantitative estimate of drug-likeness (QED) is 0.570. The van der Waals surface area contributed by atoms with Crippen LogP contribution in [0.3, 0.4) is 0 Å². The Morgan fingerprint density at radius 3 is 2.73 bits per heavy atom. The smallest absolute Gasteiger partial charge is 0.157 e. The van der Waals surface area contributed by atoms with Gasteiger partial charge in [0.05, 0.1) is 11.8 Å². The Morgan fingerprint density at radius 2 is 2.04 bits per heavy atom.